The van der Waals surface area contributed by atoms with Gasteiger partial charge in [0.05, 0.1) is 16.5 Å². The van der Waals surface area contributed by atoms with E-state index in [1.54, 1.807) is 17.7 Å². The minimum atomic E-state index is -0.0742. The van der Waals surface area contributed by atoms with Gasteiger partial charge in [-0.15, -0.1) is 21.5 Å². The summed E-state index contributed by atoms with van der Waals surface area (Å²) in [5.74, 6) is 0.209. The van der Waals surface area contributed by atoms with E-state index in [2.05, 4.69) is 34.3 Å². The Kier molecular flexibility index (Phi) is 5.50. The van der Waals surface area contributed by atoms with Crippen molar-refractivity contribution in [2.75, 3.05) is 11.1 Å². The number of nitrogens with zero attached hydrogens (tertiary/aromatic N) is 4. The first-order chi connectivity index (χ1) is 12.0. The Morgan fingerprint density at radius 2 is 2.24 bits per heavy atom. The summed E-state index contributed by atoms with van der Waals surface area (Å²) in [6, 6.07) is 7.99. The van der Waals surface area contributed by atoms with Crippen LogP contribution in [0.2, 0.25) is 0 Å². The van der Waals surface area contributed by atoms with Crippen LogP contribution in [0.5, 0.6) is 0 Å². The molecule has 0 aliphatic heterocycles. The molecule has 0 aliphatic rings. The Balaban J connectivity index is 1.62. The van der Waals surface area contributed by atoms with Crippen molar-refractivity contribution in [1.82, 2.24) is 19.7 Å². The lowest BCUT2D eigenvalue weighted by Gasteiger charge is -2.09. The second-order valence-corrected chi connectivity index (χ2v) is 7.79. The average molecular weight is 374 g/mol. The highest BCUT2D eigenvalue weighted by atomic mass is 32.2. The van der Waals surface area contributed by atoms with E-state index < -0.39 is 0 Å². The molecule has 6 nitrogen and oxygen atoms in total. The van der Waals surface area contributed by atoms with Crippen molar-refractivity contribution in [3.8, 4) is 11.3 Å². The van der Waals surface area contributed by atoms with Crippen molar-refractivity contribution in [2.24, 2.45) is 0 Å². The molecular formula is C17H19N5OS2. The van der Waals surface area contributed by atoms with Gasteiger partial charge in [-0.3, -0.25) is 4.79 Å². The Labute approximate surface area is 154 Å². The number of amides is 1. The van der Waals surface area contributed by atoms with Gasteiger partial charge in [0, 0.05) is 22.7 Å². The number of rotatable bonds is 6. The molecule has 0 spiro atoms. The van der Waals surface area contributed by atoms with Crippen molar-refractivity contribution >= 4 is 34.7 Å². The van der Waals surface area contributed by atoms with Gasteiger partial charge in [0.15, 0.2) is 5.16 Å². The number of hydrogen-bond acceptors (Lipinski definition) is 6. The third-order valence-corrected chi connectivity index (χ3v) is 5.22. The summed E-state index contributed by atoms with van der Waals surface area (Å²) in [5.41, 5.74) is 2.69. The van der Waals surface area contributed by atoms with E-state index >= 15 is 0 Å². The minimum absolute atomic E-state index is 0.0742. The van der Waals surface area contributed by atoms with E-state index in [1.165, 1.54) is 11.8 Å². The molecule has 8 heteroatoms. The van der Waals surface area contributed by atoms with Crippen molar-refractivity contribution in [2.45, 2.75) is 32.0 Å². The van der Waals surface area contributed by atoms with E-state index in [9.17, 15) is 4.79 Å². The fraction of sp³-hybridized carbons (Fsp3) is 0.294. The molecule has 0 radical (unpaired) electrons. The SMILES string of the molecule is Cc1nc(-c2cccc(NC(=O)CSc3nncn3C(C)C)c2)cs1. The van der Waals surface area contributed by atoms with Gasteiger partial charge in [-0.1, -0.05) is 23.9 Å². The summed E-state index contributed by atoms with van der Waals surface area (Å²) in [6.45, 7) is 6.09. The molecule has 130 valence electrons. The summed E-state index contributed by atoms with van der Waals surface area (Å²) in [5, 5.41) is 14.7. The second-order valence-electron chi connectivity index (χ2n) is 5.78. The molecule has 2 heterocycles. The van der Waals surface area contributed by atoms with Gasteiger partial charge in [0.2, 0.25) is 5.91 Å². The molecule has 3 aromatic rings. The number of thioether (sulfide) groups is 1. The molecule has 0 atom stereocenters. The predicted octanol–water partition coefficient (Wildman–Crippen LogP) is 4.02. The number of thiazole rings is 1. The van der Waals surface area contributed by atoms with Crippen LogP contribution in [0.15, 0.2) is 41.1 Å². The molecule has 2 aromatic heterocycles. The zero-order valence-corrected chi connectivity index (χ0v) is 15.9. The van der Waals surface area contributed by atoms with Crippen LogP contribution in [0.25, 0.3) is 11.3 Å². The molecule has 25 heavy (non-hydrogen) atoms. The molecule has 1 aromatic carbocycles. The van der Waals surface area contributed by atoms with Gasteiger partial charge in [0.1, 0.15) is 6.33 Å². The maximum atomic E-state index is 12.2. The Bertz CT molecular complexity index is 871. The number of carbonyl (C=O) groups excluding carboxylic acids is 1. The van der Waals surface area contributed by atoms with Crippen molar-refractivity contribution in [3.63, 3.8) is 0 Å². The molecule has 0 aliphatic carbocycles. The standard InChI is InChI=1S/C17H19N5OS2/c1-11(2)22-10-18-21-17(22)25-9-16(23)20-14-6-4-5-13(7-14)15-8-24-12(3)19-15/h4-8,10-11H,9H2,1-3H3,(H,20,23). The van der Waals surface area contributed by atoms with Crippen LogP contribution in [-0.4, -0.2) is 31.4 Å². The largest absolute Gasteiger partial charge is 0.325 e. The molecule has 0 unspecified atom stereocenters. The van der Waals surface area contributed by atoms with Crippen molar-refractivity contribution in [1.29, 1.82) is 0 Å². The maximum Gasteiger partial charge on any atom is 0.234 e. The fourth-order valence-electron chi connectivity index (χ4n) is 2.27. The summed E-state index contributed by atoms with van der Waals surface area (Å²) in [4.78, 5) is 16.7. The lowest BCUT2D eigenvalue weighted by Crippen LogP contribution is -2.14. The van der Waals surface area contributed by atoms with Crippen LogP contribution in [-0.2, 0) is 4.79 Å². The van der Waals surface area contributed by atoms with Crippen molar-refractivity contribution in [3.05, 3.63) is 41.0 Å². The first-order valence-electron chi connectivity index (χ1n) is 7.87. The Hall–Kier alpha value is -2.19. The second kappa shape index (κ2) is 7.79. The zero-order valence-electron chi connectivity index (χ0n) is 14.3. The summed E-state index contributed by atoms with van der Waals surface area (Å²) < 4.78 is 1.95. The first kappa shape index (κ1) is 17.6. The van der Waals surface area contributed by atoms with E-state index in [-0.39, 0.29) is 17.7 Å². The third-order valence-electron chi connectivity index (χ3n) is 3.49. The normalized spacial score (nSPS) is 11.0. The fourth-order valence-corrected chi connectivity index (χ4v) is 3.74. The molecule has 1 N–H and O–H groups in total. The molecule has 0 bridgehead atoms. The van der Waals surface area contributed by atoms with Gasteiger partial charge < -0.3 is 9.88 Å². The highest BCUT2D eigenvalue weighted by Crippen LogP contribution is 2.24. The number of aryl methyl sites for hydroxylation is 1. The number of carbonyl (C=O) groups is 1. The van der Waals surface area contributed by atoms with Crippen LogP contribution in [0.3, 0.4) is 0 Å². The summed E-state index contributed by atoms with van der Waals surface area (Å²) in [7, 11) is 0. The number of anilines is 1. The topological polar surface area (TPSA) is 72.7 Å². The number of benzene rings is 1. The van der Waals surface area contributed by atoms with Crippen LogP contribution in [0, 0.1) is 6.92 Å². The van der Waals surface area contributed by atoms with Crippen LogP contribution in [0.1, 0.15) is 24.9 Å². The molecule has 0 saturated heterocycles. The van der Waals surface area contributed by atoms with E-state index in [0.717, 1.165) is 27.1 Å². The highest BCUT2D eigenvalue weighted by Gasteiger charge is 2.11. The molecule has 1 amide bonds. The van der Waals surface area contributed by atoms with E-state index in [1.807, 2.05) is 41.1 Å². The van der Waals surface area contributed by atoms with E-state index in [4.69, 9.17) is 0 Å². The molecule has 0 fully saturated rings. The van der Waals surface area contributed by atoms with Gasteiger partial charge in [0.25, 0.3) is 0 Å². The van der Waals surface area contributed by atoms with Gasteiger partial charge in [-0.05, 0) is 32.9 Å². The van der Waals surface area contributed by atoms with Crippen LogP contribution >= 0.6 is 23.1 Å². The predicted molar refractivity (Wildman–Crippen MR) is 102 cm³/mol. The van der Waals surface area contributed by atoms with E-state index in [0.29, 0.717) is 0 Å². The van der Waals surface area contributed by atoms with Gasteiger partial charge in [-0.25, -0.2) is 4.98 Å². The van der Waals surface area contributed by atoms with Crippen LogP contribution < -0.4 is 5.32 Å². The summed E-state index contributed by atoms with van der Waals surface area (Å²) >= 11 is 2.99. The van der Waals surface area contributed by atoms with Crippen LogP contribution in [0.4, 0.5) is 5.69 Å². The molecular weight excluding hydrogens is 354 g/mol. The highest BCUT2D eigenvalue weighted by molar-refractivity contribution is 7.99. The smallest absolute Gasteiger partial charge is 0.234 e. The Morgan fingerprint density at radius 1 is 1.40 bits per heavy atom. The van der Waals surface area contributed by atoms with Crippen molar-refractivity contribution < 1.29 is 4.79 Å². The minimum Gasteiger partial charge on any atom is -0.325 e. The third kappa shape index (κ3) is 4.46. The van der Waals surface area contributed by atoms with Gasteiger partial charge >= 0.3 is 0 Å². The van der Waals surface area contributed by atoms with Gasteiger partial charge in [-0.2, -0.15) is 0 Å². The maximum absolute atomic E-state index is 12.2. The molecule has 3 rings (SSSR count). The quantitative estimate of drug-likeness (QED) is 0.661. The number of nitrogens with one attached hydrogen (secondary N) is 1. The lowest BCUT2D eigenvalue weighted by atomic mass is 10.1. The number of aromatic nitrogens is 4. The first-order valence-corrected chi connectivity index (χ1v) is 9.74. The summed E-state index contributed by atoms with van der Waals surface area (Å²) in [6.07, 6.45) is 1.68. The average Bonchev–Trinajstić information content (AvgIpc) is 3.22. The molecule has 0 saturated carbocycles. The monoisotopic (exact) mass is 373 g/mol. The number of hydrogen-bond donors (Lipinski definition) is 1. The Morgan fingerprint density at radius 3 is 2.96 bits per heavy atom. The lowest BCUT2D eigenvalue weighted by molar-refractivity contribution is -0.113. The zero-order chi connectivity index (χ0) is 17.8.